The number of nitro groups is 1. The number of hydrogen-bond acceptors (Lipinski definition) is 9. The fourth-order valence-corrected chi connectivity index (χ4v) is 3.17. The summed E-state index contributed by atoms with van der Waals surface area (Å²) in [6.45, 7) is 0. The number of nitrogens with one attached hydrogen (secondary N) is 2. The first-order chi connectivity index (χ1) is 14.9. The number of carbonyl (C=O) groups excluding carboxylic acids is 2. The average molecular weight is 443 g/mol. The van der Waals surface area contributed by atoms with Crippen molar-refractivity contribution in [1.29, 1.82) is 0 Å². The maximum Gasteiger partial charge on any atom is 0.270 e. The molecule has 1 heterocycles. The number of thioether (sulfide) groups is 1. The molecule has 160 valence electrons. The highest BCUT2D eigenvalue weighted by Crippen LogP contribution is 2.29. The molecule has 4 N–H and O–H groups in total. The molecule has 31 heavy (non-hydrogen) atoms. The largest absolute Gasteiger partial charge is 0.496 e. The lowest BCUT2D eigenvalue weighted by Crippen LogP contribution is -2.42. The van der Waals surface area contributed by atoms with Crippen LogP contribution in [0.15, 0.2) is 53.7 Å². The van der Waals surface area contributed by atoms with Crippen LogP contribution in [0, 0.1) is 10.1 Å². The van der Waals surface area contributed by atoms with Crippen molar-refractivity contribution in [3.05, 3.63) is 64.2 Å². The van der Waals surface area contributed by atoms with E-state index < -0.39 is 16.7 Å². The van der Waals surface area contributed by atoms with Gasteiger partial charge in [0.2, 0.25) is 11.1 Å². The van der Waals surface area contributed by atoms with Gasteiger partial charge in [0.25, 0.3) is 11.6 Å². The highest BCUT2D eigenvalue weighted by atomic mass is 32.2. The number of benzene rings is 2. The SMILES string of the molecule is COc1ccccc1-c1nnc(SCC(=O)NNC(=O)c2cccc([N+](=O)[O-])c2)n1N. The van der Waals surface area contributed by atoms with E-state index in [9.17, 15) is 19.7 Å². The summed E-state index contributed by atoms with van der Waals surface area (Å²) in [7, 11) is 1.53. The second-order valence-corrected chi connectivity index (χ2v) is 6.92. The lowest BCUT2D eigenvalue weighted by molar-refractivity contribution is -0.384. The fraction of sp³-hybridized carbons (Fsp3) is 0.111. The van der Waals surface area contributed by atoms with Gasteiger partial charge in [-0.05, 0) is 18.2 Å². The minimum atomic E-state index is -0.692. The van der Waals surface area contributed by atoms with E-state index in [4.69, 9.17) is 10.6 Å². The lowest BCUT2D eigenvalue weighted by atomic mass is 10.2. The lowest BCUT2D eigenvalue weighted by Gasteiger charge is -2.08. The molecule has 0 fully saturated rings. The Kier molecular flexibility index (Phi) is 6.67. The summed E-state index contributed by atoms with van der Waals surface area (Å²) in [6.07, 6.45) is 0. The molecule has 0 saturated heterocycles. The zero-order chi connectivity index (χ0) is 22.4. The Bertz CT molecular complexity index is 1130. The standard InChI is InChI=1S/C18H17N7O5S/c1-30-14-8-3-2-7-13(14)16-21-23-18(24(16)19)31-10-15(26)20-22-17(27)11-5-4-6-12(9-11)25(28)29/h2-9H,10,19H2,1H3,(H,20,26)(H,22,27). The van der Waals surface area contributed by atoms with Crippen LogP contribution < -0.4 is 21.4 Å². The summed E-state index contributed by atoms with van der Waals surface area (Å²) < 4.78 is 6.52. The van der Waals surface area contributed by atoms with Gasteiger partial charge in [-0.3, -0.25) is 30.6 Å². The Labute approximate surface area is 179 Å². The number of hydrogen-bond donors (Lipinski definition) is 3. The first-order valence-corrected chi connectivity index (χ1v) is 9.69. The minimum absolute atomic E-state index is 0.0327. The summed E-state index contributed by atoms with van der Waals surface area (Å²) in [6, 6.07) is 12.3. The Morgan fingerprint density at radius 1 is 1.19 bits per heavy atom. The van der Waals surface area contributed by atoms with Crippen LogP contribution in [0.5, 0.6) is 5.75 Å². The number of nitrogens with two attached hydrogens (primary N) is 1. The summed E-state index contributed by atoms with van der Waals surface area (Å²) in [5.74, 6) is 5.63. The summed E-state index contributed by atoms with van der Waals surface area (Å²) in [4.78, 5) is 34.3. The van der Waals surface area contributed by atoms with Crippen molar-refractivity contribution in [3.8, 4) is 17.1 Å². The maximum atomic E-state index is 12.1. The van der Waals surface area contributed by atoms with E-state index in [1.807, 2.05) is 6.07 Å². The summed E-state index contributed by atoms with van der Waals surface area (Å²) in [5, 5.41) is 19.1. The van der Waals surface area contributed by atoms with Crippen molar-refractivity contribution in [2.75, 3.05) is 18.7 Å². The molecular weight excluding hydrogens is 426 g/mol. The first-order valence-electron chi connectivity index (χ1n) is 8.71. The van der Waals surface area contributed by atoms with Crippen LogP contribution in [-0.2, 0) is 4.79 Å². The number of para-hydroxylation sites is 1. The van der Waals surface area contributed by atoms with Crippen molar-refractivity contribution in [2.45, 2.75) is 5.16 Å². The van der Waals surface area contributed by atoms with Crippen LogP contribution in [0.25, 0.3) is 11.4 Å². The second kappa shape index (κ2) is 9.58. The van der Waals surface area contributed by atoms with E-state index in [1.54, 1.807) is 18.2 Å². The molecule has 1 aromatic heterocycles. The van der Waals surface area contributed by atoms with Gasteiger partial charge in [-0.25, -0.2) is 4.68 Å². The molecule has 0 saturated carbocycles. The molecule has 0 radical (unpaired) electrons. The van der Waals surface area contributed by atoms with Crippen LogP contribution in [0.3, 0.4) is 0 Å². The molecule has 0 atom stereocenters. The van der Waals surface area contributed by atoms with Gasteiger partial charge in [-0.2, -0.15) is 0 Å². The summed E-state index contributed by atoms with van der Waals surface area (Å²) in [5.41, 5.74) is 4.86. The van der Waals surface area contributed by atoms with Gasteiger partial charge in [0.15, 0.2) is 5.82 Å². The van der Waals surface area contributed by atoms with Crippen LogP contribution in [0.1, 0.15) is 10.4 Å². The number of rotatable bonds is 7. The normalized spacial score (nSPS) is 10.4. The molecular formula is C18H17N7O5S. The minimum Gasteiger partial charge on any atom is -0.496 e. The second-order valence-electron chi connectivity index (χ2n) is 5.97. The van der Waals surface area contributed by atoms with Crippen molar-refractivity contribution in [1.82, 2.24) is 25.7 Å². The molecule has 12 nitrogen and oxygen atoms in total. The van der Waals surface area contributed by atoms with E-state index in [-0.39, 0.29) is 22.2 Å². The van der Waals surface area contributed by atoms with Crippen molar-refractivity contribution < 1.29 is 19.2 Å². The van der Waals surface area contributed by atoms with E-state index in [1.165, 1.54) is 30.0 Å². The summed E-state index contributed by atoms with van der Waals surface area (Å²) >= 11 is 1.01. The van der Waals surface area contributed by atoms with Gasteiger partial charge >= 0.3 is 0 Å². The molecule has 0 bridgehead atoms. The fourth-order valence-electron chi connectivity index (χ4n) is 2.51. The van der Waals surface area contributed by atoms with Gasteiger partial charge in [0, 0.05) is 17.7 Å². The predicted octanol–water partition coefficient (Wildman–Crippen LogP) is 1.13. The molecule has 0 aliphatic carbocycles. The van der Waals surface area contributed by atoms with E-state index in [2.05, 4.69) is 21.0 Å². The molecule has 0 spiro atoms. The zero-order valence-electron chi connectivity index (χ0n) is 16.1. The van der Waals surface area contributed by atoms with Crippen molar-refractivity contribution in [2.24, 2.45) is 0 Å². The van der Waals surface area contributed by atoms with E-state index >= 15 is 0 Å². The monoisotopic (exact) mass is 443 g/mol. The van der Waals surface area contributed by atoms with Crippen molar-refractivity contribution >= 4 is 29.3 Å². The van der Waals surface area contributed by atoms with E-state index in [0.717, 1.165) is 17.8 Å². The van der Waals surface area contributed by atoms with Gasteiger partial charge < -0.3 is 10.6 Å². The topological polar surface area (TPSA) is 167 Å². The predicted molar refractivity (Wildman–Crippen MR) is 112 cm³/mol. The Hall–Kier alpha value is -4.13. The molecule has 13 heteroatoms. The third-order valence-corrected chi connectivity index (χ3v) is 4.92. The Morgan fingerprint density at radius 3 is 2.71 bits per heavy atom. The number of amides is 2. The number of methoxy groups -OCH3 is 1. The molecule has 0 aliphatic rings. The molecule has 3 rings (SSSR count). The molecule has 3 aromatic rings. The Balaban J connectivity index is 1.57. The van der Waals surface area contributed by atoms with Crippen LogP contribution in [0.2, 0.25) is 0 Å². The molecule has 2 aromatic carbocycles. The van der Waals surface area contributed by atoms with Crippen LogP contribution >= 0.6 is 11.8 Å². The van der Waals surface area contributed by atoms with Crippen LogP contribution in [0.4, 0.5) is 5.69 Å². The number of nitro benzene ring substituents is 1. The third-order valence-electron chi connectivity index (χ3n) is 3.98. The zero-order valence-corrected chi connectivity index (χ0v) is 17.0. The van der Waals surface area contributed by atoms with Gasteiger partial charge in [-0.1, -0.05) is 30.0 Å². The molecule has 0 unspecified atom stereocenters. The number of non-ortho nitro benzene ring substituents is 1. The van der Waals surface area contributed by atoms with Crippen molar-refractivity contribution in [3.63, 3.8) is 0 Å². The number of ether oxygens (including phenoxy) is 1. The van der Waals surface area contributed by atoms with Gasteiger partial charge in [0.05, 0.1) is 23.3 Å². The quantitative estimate of drug-likeness (QED) is 0.210. The molecule has 0 aliphatic heterocycles. The molecule has 2 amide bonds. The first kappa shape index (κ1) is 21.6. The Morgan fingerprint density at radius 2 is 1.97 bits per heavy atom. The number of hydrazine groups is 1. The number of aromatic nitrogens is 3. The smallest absolute Gasteiger partial charge is 0.270 e. The van der Waals surface area contributed by atoms with Gasteiger partial charge in [0.1, 0.15) is 5.75 Å². The third kappa shape index (κ3) is 5.08. The highest BCUT2D eigenvalue weighted by Gasteiger charge is 2.17. The van der Waals surface area contributed by atoms with Gasteiger partial charge in [-0.15, -0.1) is 10.2 Å². The highest BCUT2D eigenvalue weighted by molar-refractivity contribution is 7.99. The maximum absolute atomic E-state index is 12.1. The number of carbonyl (C=O) groups is 2. The number of nitrogens with zero attached hydrogens (tertiary/aromatic N) is 4. The van der Waals surface area contributed by atoms with Crippen LogP contribution in [-0.4, -0.2) is 44.5 Å². The average Bonchev–Trinajstić information content (AvgIpc) is 3.16. The van der Waals surface area contributed by atoms with E-state index in [0.29, 0.717) is 17.1 Å². The number of nitrogen functional groups attached to an aromatic ring is 1.